The molecule has 0 atom stereocenters. The Labute approximate surface area is 118 Å². The Hall–Kier alpha value is -1.67. The van der Waals surface area contributed by atoms with Gasteiger partial charge in [-0.1, -0.05) is 23.7 Å². The van der Waals surface area contributed by atoms with E-state index < -0.39 is 0 Å². The summed E-state index contributed by atoms with van der Waals surface area (Å²) in [5.41, 5.74) is 9.28. The van der Waals surface area contributed by atoms with Crippen LogP contribution < -0.4 is 10.5 Å². The molecule has 1 aliphatic carbocycles. The Kier molecular flexibility index (Phi) is 3.34. The van der Waals surface area contributed by atoms with Gasteiger partial charge in [0.25, 0.3) is 0 Å². The van der Waals surface area contributed by atoms with Gasteiger partial charge in [0.05, 0.1) is 10.7 Å². The van der Waals surface area contributed by atoms with E-state index in [2.05, 4.69) is 12.1 Å². The van der Waals surface area contributed by atoms with Crippen molar-refractivity contribution in [3.63, 3.8) is 0 Å². The molecule has 2 nitrogen and oxygen atoms in total. The quantitative estimate of drug-likeness (QED) is 0.812. The van der Waals surface area contributed by atoms with Crippen molar-refractivity contribution in [1.82, 2.24) is 0 Å². The number of nitrogen functional groups attached to an aromatic ring is 1. The molecule has 0 unspecified atom stereocenters. The second-order valence-electron chi connectivity index (χ2n) is 4.90. The average Bonchev–Trinajstić information content (AvgIpc) is 2.43. The van der Waals surface area contributed by atoms with E-state index in [0.717, 1.165) is 12.2 Å². The van der Waals surface area contributed by atoms with Crippen molar-refractivity contribution >= 4 is 17.3 Å². The summed E-state index contributed by atoms with van der Waals surface area (Å²) in [7, 11) is 0. The molecule has 3 rings (SSSR count). The van der Waals surface area contributed by atoms with E-state index in [1.165, 1.54) is 30.4 Å². The first-order valence-corrected chi connectivity index (χ1v) is 6.95. The largest absolute Gasteiger partial charge is 0.454 e. The molecule has 19 heavy (non-hydrogen) atoms. The molecular weight excluding hydrogens is 258 g/mol. The van der Waals surface area contributed by atoms with Gasteiger partial charge >= 0.3 is 0 Å². The second-order valence-corrected chi connectivity index (χ2v) is 5.31. The minimum absolute atomic E-state index is 0.540. The summed E-state index contributed by atoms with van der Waals surface area (Å²) in [6, 6.07) is 11.6. The first-order valence-electron chi connectivity index (χ1n) is 6.58. The number of hydrogen-bond acceptors (Lipinski definition) is 2. The lowest BCUT2D eigenvalue weighted by atomic mass is 9.92. The Bertz CT molecular complexity index is 589. The lowest BCUT2D eigenvalue weighted by Gasteiger charge is -2.17. The van der Waals surface area contributed by atoms with Crippen LogP contribution in [0.1, 0.15) is 24.0 Å². The summed E-state index contributed by atoms with van der Waals surface area (Å²) in [5.74, 6) is 1.35. The standard InChI is InChI=1S/C16H16ClNO/c17-14-6-3-7-15(18)16(14)19-13-9-8-11-4-1-2-5-12(11)10-13/h3,6-10H,1-2,4-5,18H2. The number of benzene rings is 2. The predicted octanol–water partition coefficient (Wildman–Crippen LogP) is 4.59. The van der Waals surface area contributed by atoms with E-state index >= 15 is 0 Å². The first-order chi connectivity index (χ1) is 9.24. The molecule has 2 N–H and O–H groups in total. The molecule has 0 saturated heterocycles. The van der Waals surface area contributed by atoms with Crippen LogP contribution in [-0.4, -0.2) is 0 Å². The van der Waals surface area contributed by atoms with Crippen LogP contribution in [0.5, 0.6) is 11.5 Å². The van der Waals surface area contributed by atoms with Gasteiger partial charge in [-0.25, -0.2) is 0 Å². The van der Waals surface area contributed by atoms with Crippen LogP contribution in [0.2, 0.25) is 5.02 Å². The van der Waals surface area contributed by atoms with Gasteiger partial charge in [0, 0.05) is 0 Å². The van der Waals surface area contributed by atoms with Crippen LogP contribution in [0, 0.1) is 0 Å². The van der Waals surface area contributed by atoms with Gasteiger partial charge in [0.2, 0.25) is 0 Å². The minimum Gasteiger partial charge on any atom is -0.454 e. The van der Waals surface area contributed by atoms with Crippen molar-refractivity contribution in [3.8, 4) is 11.5 Å². The topological polar surface area (TPSA) is 35.2 Å². The van der Waals surface area contributed by atoms with E-state index in [0.29, 0.717) is 16.5 Å². The number of para-hydroxylation sites is 1. The molecule has 0 bridgehead atoms. The summed E-state index contributed by atoms with van der Waals surface area (Å²) >= 11 is 6.12. The number of halogens is 1. The SMILES string of the molecule is Nc1cccc(Cl)c1Oc1ccc2c(c1)CCCC2. The first kappa shape index (κ1) is 12.4. The van der Waals surface area contributed by atoms with Crippen LogP contribution in [0.4, 0.5) is 5.69 Å². The number of rotatable bonds is 2. The lowest BCUT2D eigenvalue weighted by molar-refractivity contribution is 0.483. The van der Waals surface area contributed by atoms with Crippen molar-refractivity contribution in [3.05, 3.63) is 52.5 Å². The fraction of sp³-hybridized carbons (Fsp3) is 0.250. The minimum atomic E-state index is 0.540. The summed E-state index contributed by atoms with van der Waals surface area (Å²) in [6.45, 7) is 0. The van der Waals surface area contributed by atoms with Crippen LogP contribution in [0.3, 0.4) is 0 Å². The van der Waals surface area contributed by atoms with Crippen LogP contribution in [-0.2, 0) is 12.8 Å². The number of ether oxygens (including phenoxy) is 1. The number of anilines is 1. The Balaban J connectivity index is 1.91. The number of nitrogens with two attached hydrogens (primary N) is 1. The molecule has 2 aromatic carbocycles. The third-order valence-corrected chi connectivity index (χ3v) is 3.83. The maximum absolute atomic E-state index is 6.12. The molecule has 0 saturated carbocycles. The average molecular weight is 274 g/mol. The van der Waals surface area contributed by atoms with Gasteiger partial charge in [-0.05, 0) is 61.1 Å². The van der Waals surface area contributed by atoms with Crippen LogP contribution in [0.15, 0.2) is 36.4 Å². The molecule has 0 aromatic heterocycles. The van der Waals surface area contributed by atoms with Gasteiger partial charge in [-0.2, -0.15) is 0 Å². The summed E-state index contributed by atoms with van der Waals surface area (Å²) in [4.78, 5) is 0. The molecule has 98 valence electrons. The van der Waals surface area contributed by atoms with E-state index in [4.69, 9.17) is 22.1 Å². The van der Waals surface area contributed by atoms with Crippen LogP contribution >= 0.6 is 11.6 Å². The zero-order valence-electron chi connectivity index (χ0n) is 10.7. The maximum Gasteiger partial charge on any atom is 0.168 e. The molecule has 0 heterocycles. The maximum atomic E-state index is 6.12. The molecule has 0 aliphatic heterocycles. The van der Waals surface area contributed by atoms with Crippen molar-refractivity contribution < 1.29 is 4.74 Å². The van der Waals surface area contributed by atoms with Gasteiger partial charge in [0.1, 0.15) is 5.75 Å². The summed E-state index contributed by atoms with van der Waals surface area (Å²) < 4.78 is 5.85. The monoisotopic (exact) mass is 273 g/mol. The van der Waals surface area contributed by atoms with Crippen molar-refractivity contribution in [2.24, 2.45) is 0 Å². The van der Waals surface area contributed by atoms with Crippen molar-refractivity contribution in [2.45, 2.75) is 25.7 Å². The highest BCUT2D eigenvalue weighted by atomic mass is 35.5. The molecule has 0 fully saturated rings. The molecule has 0 spiro atoms. The van der Waals surface area contributed by atoms with Crippen molar-refractivity contribution in [2.75, 3.05) is 5.73 Å². The Morgan fingerprint density at radius 3 is 2.58 bits per heavy atom. The smallest absolute Gasteiger partial charge is 0.168 e. The third kappa shape index (κ3) is 2.54. The van der Waals surface area contributed by atoms with E-state index in [1.54, 1.807) is 12.1 Å². The lowest BCUT2D eigenvalue weighted by Crippen LogP contribution is -2.02. The van der Waals surface area contributed by atoms with Gasteiger partial charge in [0.15, 0.2) is 5.75 Å². The van der Waals surface area contributed by atoms with Gasteiger partial charge in [-0.15, -0.1) is 0 Å². The zero-order chi connectivity index (χ0) is 13.2. The Morgan fingerprint density at radius 1 is 1.00 bits per heavy atom. The highest BCUT2D eigenvalue weighted by molar-refractivity contribution is 6.32. The molecule has 2 aromatic rings. The molecule has 1 aliphatic rings. The number of aryl methyl sites for hydroxylation is 2. The summed E-state index contributed by atoms with van der Waals surface area (Å²) in [6.07, 6.45) is 4.84. The summed E-state index contributed by atoms with van der Waals surface area (Å²) in [5, 5.41) is 0.540. The highest BCUT2D eigenvalue weighted by Crippen LogP contribution is 2.35. The van der Waals surface area contributed by atoms with E-state index in [-0.39, 0.29) is 0 Å². The fourth-order valence-corrected chi connectivity index (χ4v) is 2.74. The van der Waals surface area contributed by atoms with Crippen LogP contribution in [0.25, 0.3) is 0 Å². The normalized spacial score (nSPS) is 13.9. The van der Waals surface area contributed by atoms with E-state index in [9.17, 15) is 0 Å². The molecule has 0 radical (unpaired) electrons. The second kappa shape index (κ2) is 5.14. The predicted molar refractivity (Wildman–Crippen MR) is 79.0 cm³/mol. The van der Waals surface area contributed by atoms with Gasteiger partial charge in [-0.3, -0.25) is 0 Å². The molecular formula is C16H16ClNO. The zero-order valence-corrected chi connectivity index (χ0v) is 11.4. The molecule has 3 heteroatoms. The Morgan fingerprint density at radius 2 is 1.79 bits per heavy atom. The van der Waals surface area contributed by atoms with Crippen molar-refractivity contribution in [1.29, 1.82) is 0 Å². The third-order valence-electron chi connectivity index (χ3n) is 3.54. The molecule has 0 amide bonds. The fourth-order valence-electron chi connectivity index (χ4n) is 2.52. The number of fused-ring (bicyclic) bond motifs is 1. The van der Waals surface area contributed by atoms with Gasteiger partial charge < -0.3 is 10.5 Å². The van der Waals surface area contributed by atoms with E-state index in [1.807, 2.05) is 12.1 Å². The number of hydrogen-bond donors (Lipinski definition) is 1. The highest BCUT2D eigenvalue weighted by Gasteiger charge is 2.12.